The van der Waals surface area contributed by atoms with E-state index < -0.39 is 12.0 Å². The number of aliphatic carboxylic acids is 1. The Hall–Kier alpha value is -3.62. The van der Waals surface area contributed by atoms with E-state index in [1.165, 1.54) is 0 Å². The fraction of sp³-hybridized carbons (Fsp3) is 0.185. The topological polar surface area (TPSA) is 81.2 Å². The molecule has 7 nitrogen and oxygen atoms in total. The molecule has 3 aromatic carbocycles. The highest BCUT2D eigenvalue weighted by Gasteiger charge is 2.34. The summed E-state index contributed by atoms with van der Waals surface area (Å²) in [4.78, 5) is 24.9. The van der Waals surface area contributed by atoms with Crippen molar-refractivity contribution >= 4 is 44.3 Å². The van der Waals surface area contributed by atoms with Crippen LogP contribution in [0, 0.1) is 0 Å². The number of para-hydroxylation sites is 3. The summed E-state index contributed by atoms with van der Waals surface area (Å²) in [5.41, 5.74) is 3.43. The van der Waals surface area contributed by atoms with Gasteiger partial charge in [-0.05, 0) is 36.4 Å². The summed E-state index contributed by atoms with van der Waals surface area (Å²) < 4.78 is 7.13. The number of carboxylic acid groups (broad SMARTS) is 1. The van der Waals surface area contributed by atoms with Crippen LogP contribution in [0.5, 0.6) is 11.5 Å². The molecule has 2 N–H and O–H groups in total. The molecule has 0 radical (unpaired) electrons. The number of carboxylic acids is 1. The third-order valence-corrected chi connectivity index (χ3v) is 7.12. The number of aromatic nitrogens is 1. The molecule has 4 aromatic rings. The van der Waals surface area contributed by atoms with Gasteiger partial charge in [-0.3, -0.25) is 9.69 Å². The van der Waals surface area contributed by atoms with Gasteiger partial charge in [0.25, 0.3) is 0 Å². The summed E-state index contributed by atoms with van der Waals surface area (Å²) in [7, 11) is 0. The van der Waals surface area contributed by atoms with Gasteiger partial charge in [0.15, 0.2) is 5.75 Å². The van der Waals surface area contributed by atoms with Gasteiger partial charge < -0.3 is 19.7 Å². The number of aliphatic imine (C=N–C) groups is 1. The molecule has 2 aliphatic heterocycles. The van der Waals surface area contributed by atoms with E-state index in [-0.39, 0.29) is 0 Å². The maximum absolute atomic E-state index is 12.4. The van der Waals surface area contributed by atoms with E-state index in [1.807, 2.05) is 77.8 Å². The summed E-state index contributed by atoms with van der Waals surface area (Å²) in [6.45, 7) is 2.52. The molecule has 1 unspecified atom stereocenters. The minimum Gasteiger partial charge on any atom is -0.480 e. The molecule has 1 aromatic heterocycles. The number of carbonyl (C=O) groups is 1. The van der Waals surface area contributed by atoms with Gasteiger partial charge in [0.05, 0.1) is 5.56 Å². The van der Waals surface area contributed by atoms with Crippen LogP contribution in [0.3, 0.4) is 0 Å². The van der Waals surface area contributed by atoms with E-state index in [1.54, 1.807) is 0 Å². The smallest absolute Gasteiger partial charge is 0.325 e. The van der Waals surface area contributed by atoms with Crippen LogP contribution in [0.1, 0.15) is 17.2 Å². The number of hydrogen-bond acceptors (Lipinski definition) is 5. The van der Waals surface area contributed by atoms with Crippen molar-refractivity contribution in [2.45, 2.75) is 6.04 Å². The first kappa shape index (κ1) is 21.9. The summed E-state index contributed by atoms with van der Waals surface area (Å²) in [5, 5.41) is 11.1. The molecule has 176 valence electrons. The van der Waals surface area contributed by atoms with Gasteiger partial charge in [-0.2, -0.15) is 0 Å². The Morgan fingerprint density at radius 2 is 1.74 bits per heavy atom. The lowest BCUT2D eigenvalue weighted by molar-refractivity contribution is -0.144. The Morgan fingerprint density at radius 3 is 2.54 bits per heavy atom. The van der Waals surface area contributed by atoms with Crippen LogP contribution in [0.2, 0.25) is 0 Å². The Kier molecular flexibility index (Phi) is 5.54. The summed E-state index contributed by atoms with van der Waals surface area (Å²) in [6, 6.07) is 20.8. The number of hydrogen-bond donors (Lipinski definition) is 2. The Morgan fingerprint density at radius 1 is 1.00 bits per heavy atom. The van der Waals surface area contributed by atoms with Crippen LogP contribution in [-0.2, 0) is 4.79 Å². The lowest BCUT2D eigenvalue weighted by Gasteiger charge is -2.39. The average Bonchev–Trinajstić information content (AvgIpc) is 3.18. The van der Waals surface area contributed by atoms with E-state index in [9.17, 15) is 9.90 Å². The van der Waals surface area contributed by atoms with Crippen molar-refractivity contribution in [3.05, 3.63) is 88.5 Å². The molecule has 2 aliphatic rings. The Bertz CT molecular complexity index is 1460. The third kappa shape index (κ3) is 3.98. The summed E-state index contributed by atoms with van der Waals surface area (Å²) in [6.07, 6.45) is 1.82. The van der Waals surface area contributed by atoms with E-state index in [0.29, 0.717) is 26.2 Å². The highest BCUT2D eigenvalue weighted by Crippen LogP contribution is 2.38. The first-order valence-electron chi connectivity index (χ1n) is 11.5. The van der Waals surface area contributed by atoms with Crippen LogP contribution >= 0.6 is 15.9 Å². The van der Waals surface area contributed by atoms with Crippen molar-refractivity contribution in [2.75, 3.05) is 26.2 Å². The fourth-order valence-corrected chi connectivity index (χ4v) is 5.30. The van der Waals surface area contributed by atoms with Gasteiger partial charge in [0, 0.05) is 53.3 Å². The molecule has 0 bridgehead atoms. The van der Waals surface area contributed by atoms with Crippen molar-refractivity contribution in [1.29, 1.82) is 0 Å². The third-order valence-electron chi connectivity index (χ3n) is 6.62. The van der Waals surface area contributed by atoms with Crippen LogP contribution in [-0.4, -0.2) is 57.9 Å². The number of rotatable bonds is 3. The highest BCUT2D eigenvalue weighted by molar-refractivity contribution is 9.10. The number of nitrogens with zero attached hydrogens (tertiary/aromatic N) is 3. The molecular formula is C27H23BrN4O3. The Balaban J connectivity index is 1.29. The number of amidine groups is 1. The molecule has 0 amide bonds. The zero-order valence-electron chi connectivity index (χ0n) is 18.8. The second-order valence-electron chi connectivity index (χ2n) is 8.70. The minimum absolute atomic E-state index is 0.601. The second-order valence-corrected chi connectivity index (χ2v) is 9.61. The van der Waals surface area contributed by atoms with Crippen LogP contribution in [0.4, 0.5) is 5.69 Å². The molecule has 8 heteroatoms. The largest absolute Gasteiger partial charge is 0.480 e. The second kappa shape index (κ2) is 8.87. The lowest BCUT2D eigenvalue weighted by Crippen LogP contribution is -2.51. The zero-order valence-corrected chi connectivity index (χ0v) is 20.4. The van der Waals surface area contributed by atoms with E-state index in [4.69, 9.17) is 9.73 Å². The lowest BCUT2D eigenvalue weighted by atomic mass is 10.0. The number of halogens is 1. The number of ether oxygens (including phenoxy) is 1. The van der Waals surface area contributed by atoms with Crippen molar-refractivity contribution < 1.29 is 14.6 Å². The van der Waals surface area contributed by atoms with Crippen LogP contribution in [0.25, 0.3) is 10.9 Å². The van der Waals surface area contributed by atoms with Crippen LogP contribution < -0.4 is 4.74 Å². The maximum atomic E-state index is 12.4. The number of nitrogens with one attached hydrogen (secondary N) is 1. The fourth-order valence-electron chi connectivity index (χ4n) is 4.93. The monoisotopic (exact) mass is 530 g/mol. The summed E-state index contributed by atoms with van der Waals surface area (Å²) in [5.74, 6) is 1.51. The Labute approximate surface area is 210 Å². The average molecular weight is 531 g/mol. The van der Waals surface area contributed by atoms with E-state index in [2.05, 4.69) is 25.8 Å². The van der Waals surface area contributed by atoms with Gasteiger partial charge in [-0.15, -0.1) is 0 Å². The molecule has 6 rings (SSSR count). The van der Waals surface area contributed by atoms with Crippen LogP contribution in [0.15, 0.2) is 82.4 Å². The van der Waals surface area contributed by atoms with E-state index in [0.717, 1.165) is 49.5 Å². The number of piperazine rings is 1. The van der Waals surface area contributed by atoms with Crippen molar-refractivity contribution in [3.8, 4) is 11.5 Å². The predicted octanol–water partition coefficient (Wildman–Crippen LogP) is 5.56. The maximum Gasteiger partial charge on any atom is 0.325 e. The number of H-pyrrole nitrogens is 1. The molecule has 0 spiro atoms. The molecule has 1 fully saturated rings. The molecule has 1 saturated heterocycles. The molecule has 3 heterocycles. The molecule has 0 saturated carbocycles. The number of benzene rings is 3. The van der Waals surface area contributed by atoms with Crippen molar-refractivity contribution in [1.82, 2.24) is 14.8 Å². The number of aromatic amines is 1. The quantitative estimate of drug-likeness (QED) is 0.362. The van der Waals surface area contributed by atoms with Crippen molar-refractivity contribution in [3.63, 3.8) is 0 Å². The van der Waals surface area contributed by atoms with Gasteiger partial charge in [-0.25, -0.2) is 4.99 Å². The molecule has 0 aliphatic carbocycles. The minimum atomic E-state index is -0.846. The number of fused-ring (bicyclic) bond motifs is 3. The SMILES string of the molecule is O=C(O)C(c1c[nH]c2cc(Br)ccc12)N1CCN(C2=Nc3ccccc3Oc3ccccc32)CC1. The van der Waals surface area contributed by atoms with Gasteiger partial charge in [0.1, 0.15) is 23.3 Å². The molecular weight excluding hydrogens is 508 g/mol. The normalized spacial score (nSPS) is 16.6. The van der Waals surface area contributed by atoms with Gasteiger partial charge >= 0.3 is 5.97 Å². The van der Waals surface area contributed by atoms with E-state index >= 15 is 0 Å². The van der Waals surface area contributed by atoms with Gasteiger partial charge in [-0.1, -0.05) is 46.3 Å². The molecule has 1 atom stereocenters. The zero-order chi connectivity index (χ0) is 23.9. The van der Waals surface area contributed by atoms with Crippen molar-refractivity contribution in [2.24, 2.45) is 4.99 Å². The van der Waals surface area contributed by atoms with Gasteiger partial charge in [0.2, 0.25) is 0 Å². The predicted molar refractivity (Wildman–Crippen MR) is 139 cm³/mol. The first-order valence-corrected chi connectivity index (χ1v) is 12.3. The standard InChI is InChI=1S/C27H23BrN4O3/c28-17-9-10-18-20(16-29-22(18)15-17)25(27(33)34)31-11-13-32(14-12-31)26-19-5-1-3-7-23(19)35-24-8-4-2-6-21(24)30-26/h1-10,15-16,25,29H,11-14H2,(H,33,34). The first-order chi connectivity index (χ1) is 17.1. The summed E-state index contributed by atoms with van der Waals surface area (Å²) >= 11 is 3.48. The molecule has 35 heavy (non-hydrogen) atoms. The highest BCUT2D eigenvalue weighted by atomic mass is 79.9.